The lowest BCUT2D eigenvalue weighted by Crippen LogP contribution is -2.70. The maximum atomic E-state index is 14.3. The van der Waals surface area contributed by atoms with Gasteiger partial charge in [0.15, 0.2) is 6.61 Å². The molecule has 4 aliphatic carbocycles. The fraction of sp³-hybridized carbons (Fsp3) is 0.750. The van der Waals surface area contributed by atoms with E-state index in [0.717, 1.165) is 44.6 Å². The average Bonchev–Trinajstić information content (AvgIpc) is 3.10. The Morgan fingerprint density at radius 3 is 2.22 bits per heavy atom. The minimum absolute atomic E-state index is 0.0548. The highest BCUT2D eigenvalue weighted by atomic mass is 35.5. The lowest BCUT2D eigenvalue weighted by atomic mass is 9.60. The highest BCUT2D eigenvalue weighted by molar-refractivity contribution is 6.30. The van der Waals surface area contributed by atoms with Crippen molar-refractivity contribution in [3.05, 3.63) is 29.0 Å². The number of halogens is 5. The number of fused-ring (bicyclic) bond motifs is 3. The Morgan fingerprint density at radius 2 is 1.60 bits per heavy atom. The van der Waals surface area contributed by atoms with Crippen molar-refractivity contribution in [2.75, 3.05) is 19.8 Å². The van der Waals surface area contributed by atoms with Gasteiger partial charge in [-0.25, -0.2) is 4.39 Å². The average molecular weight is 662 g/mol. The largest absolute Gasteiger partial charge is 0.484 e. The van der Waals surface area contributed by atoms with Gasteiger partial charge in [0.2, 0.25) is 5.91 Å². The summed E-state index contributed by atoms with van der Waals surface area (Å²) >= 11 is 5.68. The number of piperidine rings is 1. The third-order valence-corrected chi connectivity index (χ3v) is 10.9. The number of benzene rings is 1. The molecular formula is C32H44ClF4N3O5. The second-order valence-corrected chi connectivity index (χ2v) is 13.9. The summed E-state index contributed by atoms with van der Waals surface area (Å²) in [5, 5.41) is 20.1. The molecular weight excluding hydrogens is 618 g/mol. The van der Waals surface area contributed by atoms with Crippen LogP contribution >= 0.6 is 11.6 Å². The van der Waals surface area contributed by atoms with E-state index in [0.29, 0.717) is 38.5 Å². The molecule has 45 heavy (non-hydrogen) atoms. The molecule has 6 rings (SSSR count). The minimum Gasteiger partial charge on any atom is -0.484 e. The van der Waals surface area contributed by atoms with E-state index in [-0.39, 0.29) is 36.8 Å². The number of alkyl halides is 3. The quantitative estimate of drug-likeness (QED) is 0.280. The fourth-order valence-corrected chi connectivity index (χ4v) is 8.16. The van der Waals surface area contributed by atoms with Crippen LogP contribution in [0.3, 0.4) is 0 Å². The molecule has 5 aliphatic rings. The van der Waals surface area contributed by atoms with Gasteiger partial charge in [-0.05, 0) is 63.5 Å². The number of amides is 2. The maximum Gasteiger partial charge on any atom is 0.393 e. The van der Waals surface area contributed by atoms with E-state index >= 15 is 0 Å². The van der Waals surface area contributed by atoms with Gasteiger partial charge >= 0.3 is 6.18 Å². The van der Waals surface area contributed by atoms with Crippen molar-refractivity contribution >= 4 is 23.4 Å². The molecule has 0 radical (unpaired) electrons. The van der Waals surface area contributed by atoms with E-state index in [4.69, 9.17) is 21.1 Å². The van der Waals surface area contributed by atoms with Gasteiger partial charge in [0.25, 0.3) is 5.91 Å². The van der Waals surface area contributed by atoms with E-state index in [1.165, 1.54) is 12.1 Å². The second-order valence-electron chi connectivity index (χ2n) is 13.5. The Balaban J connectivity index is 1.10. The van der Waals surface area contributed by atoms with Crippen LogP contribution in [0.4, 0.5) is 17.6 Å². The lowest BCUT2D eigenvalue weighted by molar-refractivity contribution is -0.217. The van der Waals surface area contributed by atoms with Crippen LogP contribution in [0.15, 0.2) is 18.2 Å². The summed E-state index contributed by atoms with van der Waals surface area (Å²) in [7, 11) is 0. The molecule has 3 atom stereocenters. The van der Waals surface area contributed by atoms with Crippen LogP contribution in [0.25, 0.3) is 0 Å². The molecule has 252 valence electrons. The minimum atomic E-state index is -4.37. The van der Waals surface area contributed by atoms with E-state index in [2.05, 4.69) is 16.0 Å². The molecule has 1 heterocycles. The van der Waals surface area contributed by atoms with E-state index in [1.807, 2.05) is 0 Å². The van der Waals surface area contributed by atoms with Crippen molar-refractivity contribution in [1.29, 1.82) is 0 Å². The van der Waals surface area contributed by atoms with Crippen molar-refractivity contribution in [2.24, 2.45) is 5.92 Å². The SMILES string of the molecule is O=C(COc1ccc(Cl)c(F)c1)NC12CCC(NC(=O)COC3CNC4(CCCCCCCC4)C(C(F)(F)F)C3)(CC1)C(O)C2. The predicted molar refractivity (Wildman–Crippen MR) is 159 cm³/mol. The van der Waals surface area contributed by atoms with Gasteiger partial charge in [0.05, 0.1) is 28.7 Å². The number of rotatable bonds is 8. The topological polar surface area (TPSA) is 109 Å². The zero-order valence-electron chi connectivity index (χ0n) is 25.5. The van der Waals surface area contributed by atoms with Crippen LogP contribution in [0.1, 0.15) is 89.9 Å². The molecule has 1 spiro atoms. The molecule has 2 amide bonds. The first-order valence-electron chi connectivity index (χ1n) is 16.2. The monoisotopic (exact) mass is 661 g/mol. The molecule has 8 nitrogen and oxygen atoms in total. The van der Waals surface area contributed by atoms with Gasteiger partial charge in [-0.15, -0.1) is 0 Å². The molecule has 3 unspecified atom stereocenters. The molecule has 4 N–H and O–H groups in total. The van der Waals surface area contributed by atoms with Gasteiger partial charge < -0.3 is 30.5 Å². The highest BCUT2D eigenvalue weighted by Gasteiger charge is 2.57. The third-order valence-electron chi connectivity index (χ3n) is 10.6. The molecule has 4 saturated carbocycles. The molecule has 0 aromatic heterocycles. The summed E-state index contributed by atoms with van der Waals surface area (Å²) in [6, 6.07) is 3.88. The zero-order valence-corrected chi connectivity index (χ0v) is 26.2. The number of carbonyl (C=O) groups excluding carboxylic acids is 2. The lowest BCUT2D eigenvalue weighted by Gasteiger charge is -2.56. The summed E-state index contributed by atoms with van der Waals surface area (Å²) in [5.74, 6) is -2.94. The number of ether oxygens (including phenoxy) is 2. The van der Waals surface area contributed by atoms with Crippen molar-refractivity contribution < 1.29 is 41.7 Å². The van der Waals surface area contributed by atoms with E-state index in [9.17, 15) is 32.3 Å². The number of hydrogen-bond donors (Lipinski definition) is 4. The zero-order chi connectivity index (χ0) is 32.3. The summed E-state index contributed by atoms with van der Waals surface area (Å²) in [4.78, 5) is 25.6. The number of aliphatic hydroxyl groups is 1. The Labute approximate surface area is 266 Å². The molecule has 1 saturated heterocycles. The van der Waals surface area contributed by atoms with Crippen molar-refractivity contribution in [3.8, 4) is 5.75 Å². The van der Waals surface area contributed by atoms with Gasteiger partial charge in [-0.3, -0.25) is 9.59 Å². The van der Waals surface area contributed by atoms with Crippen LogP contribution < -0.4 is 20.7 Å². The van der Waals surface area contributed by atoms with Crippen molar-refractivity contribution in [3.63, 3.8) is 0 Å². The normalized spacial score (nSPS) is 31.8. The molecule has 13 heteroatoms. The van der Waals surface area contributed by atoms with Gasteiger partial charge in [-0.2, -0.15) is 13.2 Å². The van der Waals surface area contributed by atoms with Crippen LogP contribution in [0, 0.1) is 11.7 Å². The Hall–Kier alpha value is -2.15. The number of hydrogen-bond acceptors (Lipinski definition) is 6. The van der Waals surface area contributed by atoms with E-state index in [1.54, 1.807) is 0 Å². The summed E-state index contributed by atoms with van der Waals surface area (Å²) in [6.45, 7) is -0.486. The first kappa shape index (κ1) is 34.2. The van der Waals surface area contributed by atoms with Crippen LogP contribution in [0.5, 0.6) is 5.75 Å². The first-order chi connectivity index (χ1) is 21.3. The Morgan fingerprint density at radius 1 is 0.956 bits per heavy atom. The van der Waals surface area contributed by atoms with Crippen LogP contribution in [-0.4, -0.2) is 71.7 Å². The number of aliphatic hydroxyl groups excluding tert-OH is 1. The van der Waals surface area contributed by atoms with Crippen molar-refractivity contribution in [1.82, 2.24) is 16.0 Å². The van der Waals surface area contributed by atoms with E-state index < -0.39 is 65.2 Å². The Kier molecular flexibility index (Phi) is 10.6. The van der Waals surface area contributed by atoms with Crippen LogP contribution in [0.2, 0.25) is 5.02 Å². The standard InChI is InChI=1S/C32H44ClF4N3O5/c33-23-8-7-21(15-24(23)34)44-19-27(42)39-29-11-13-31(14-12-29,26(41)17-29)40-28(43)20-45-22-16-25(32(35,36)37)30(38-18-22)9-5-3-1-2-4-6-10-30/h7-8,15,22,25-26,38,41H,1-6,9-14,16-20H2,(H,39,42)(H,40,43). The summed E-state index contributed by atoms with van der Waals surface area (Å²) in [6.07, 6.45) is 2.31. The Bertz CT molecular complexity index is 1200. The maximum absolute atomic E-state index is 14.3. The number of carbonyl (C=O) groups is 2. The highest BCUT2D eigenvalue weighted by Crippen LogP contribution is 2.48. The smallest absolute Gasteiger partial charge is 0.393 e. The molecule has 5 fully saturated rings. The summed E-state index contributed by atoms with van der Waals surface area (Å²) < 4.78 is 67.8. The van der Waals surface area contributed by atoms with Crippen molar-refractivity contribution in [2.45, 2.75) is 125 Å². The van der Waals surface area contributed by atoms with Crippen LogP contribution in [-0.2, 0) is 14.3 Å². The third kappa shape index (κ3) is 8.05. The fourth-order valence-electron chi connectivity index (χ4n) is 8.04. The van der Waals surface area contributed by atoms with Gasteiger partial charge in [0, 0.05) is 23.7 Å². The van der Waals surface area contributed by atoms with Gasteiger partial charge in [-0.1, -0.05) is 50.1 Å². The van der Waals surface area contributed by atoms with Gasteiger partial charge in [0.1, 0.15) is 18.2 Å². The second kappa shape index (κ2) is 13.9. The number of nitrogens with one attached hydrogen (secondary N) is 3. The first-order valence-corrected chi connectivity index (χ1v) is 16.5. The molecule has 1 aromatic rings. The molecule has 1 aliphatic heterocycles. The molecule has 2 bridgehead atoms. The predicted octanol–water partition coefficient (Wildman–Crippen LogP) is 5.34. The molecule has 1 aromatic carbocycles. The summed E-state index contributed by atoms with van der Waals surface area (Å²) in [5.41, 5.74) is -2.55.